The Labute approximate surface area is 109 Å². The van der Waals surface area contributed by atoms with Crippen LogP contribution in [0.1, 0.15) is 44.2 Å². The summed E-state index contributed by atoms with van der Waals surface area (Å²) in [4.78, 5) is 11.0. The molecule has 0 spiro atoms. The van der Waals surface area contributed by atoms with Crippen LogP contribution in [0.4, 0.5) is 0 Å². The second-order valence-electron chi connectivity index (χ2n) is 4.27. The van der Waals surface area contributed by atoms with Crippen molar-refractivity contribution in [3.05, 3.63) is 46.9 Å². The molecule has 0 bridgehead atoms. The van der Waals surface area contributed by atoms with E-state index in [1.165, 1.54) is 12.5 Å². The van der Waals surface area contributed by atoms with Crippen LogP contribution in [-0.2, 0) is 9.53 Å². The molecule has 96 valence electrons. The number of benzene rings is 1. The highest BCUT2D eigenvalue weighted by Crippen LogP contribution is 2.12. The van der Waals surface area contributed by atoms with E-state index in [2.05, 4.69) is 12.7 Å². The van der Waals surface area contributed by atoms with Crippen LogP contribution >= 0.6 is 0 Å². The van der Waals surface area contributed by atoms with Gasteiger partial charge in [-0.3, -0.25) is 4.79 Å². The molecule has 0 unspecified atom stereocenters. The smallest absolute Gasteiger partial charge is 0.308 e. The van der Waals surface area contributed by atoms with Gasteiger partial charge in [0.25, 0.3) is 0 Å². The zero-order valence-electron chi connectivity index (χ0n) is 11.3. The maximum atomic E-state index is 11.0. The van der Waals surface area contributed by atoms with Crippen molar-refractivity contribution in [2.75, 3.05) is 0 Å². The number of allylic oxidation sites excluding steroid dienone is 1. The lowest BCUT2D eigenvalue weighted by Crippen LogP contribution is -1.98. The molecule has 1 rings (SSSR count). The number of hydrogen-bond acceptors (Lipinski definition) is 2. The normalized spacial score (nSPS) is 9.50. The van der Waals surface area contributed by atoms with Crippen molar-refractivity contribution in [1.82, 2.24) is 0 Å². The van der Waals surface area contributed by atoms with E-state index in [1.54, 1.807) is 0 Å². The van der Waals surface area contributed by atoms with E-state index < -0.39 is 0 Å². The van der Waals surface area contributed by atoms with Gasteiger partial charge in [0.05, 0.1) is 0 Å². The predicted molar refractivity (Wildman–Crippen MR) is 74.0 cm³/mol. The van der Waals surface area contributed by atoms with E-state index >= 15 is 0 Å². The molecular weight excluding hydrogens is 224 g/mol. The first-order valence-corrected chi connectivity index (χ1v) is 6.33. The van der Waals surface area contributed by atoms with Gasteiger partial charge in [-0.2, -0.15) is 0 Å². The predicted octanol–water partition coefficient (Wildman–Crippen LogP) is 4.24. The molecular formula is C16H20O2. The Morgan fingerprint density at radius 3 is 2.72 bits per heavy atom. The van der Waals surface area contributed by atoms with Crippen molar-refractivity contribution < 1.29 is 9.53 Å². The van der Waals surface area contributed by atoms with Crippen molar-refractivity contribution in [3.8, 4) is 0 Å². The molecule has 2 nitrogen and oxygen atoms in total. The summed E-state index contributed by atoms with van der Waals surface area (Å²) in [5.74, 6) is 0.333. The Balaban J connectivity index is 2.92. The molecule has 1 aromatic carbocycles. The number of unbranched alkanes of at least 4 members (excludes halogenated alkanes) is 1. The number of hydrogen-bond donors (Lipinski definition) is 0. The molecule has 0 amide bonds. The average Bonchev–Trinajstić information content (AvgIpc) is 2.34. The lowest BCUT2D eigenvalue weighted by atomic mass is 10.1. The van der Waals surface area contributed by atoms with Crippen LogP contribution in [0.5, 0.6) is 0 Å². The molecule has 2 heteroatoms. The van der Waals surface area contributed by atoms with Crippen molar-refractivity contribution >= 4 is 12.0 Å². The third-order valence-electron chi connectivity index (χ3n) is 2.60. The summed E-state index contributed by atoms with van der Waals surface area (Å²) >= 11 is 0. The van der Waals surface area contributed by atoms with Gasteiger partial charge in [0.1, 0.15) is 5.76 Å². The Kier molecular flexibility index (Phi) is 5.96. The molecule has 0 aliphatic carbocycles. The monoisotopic (exact) mass is 244 g/mol. The molecule has 0 atom stereocenters. The molecule has 0 saturated heterocycles. The topological polar surface area (TPSA) is 26.3 Å². The van der Waals surface area contributed by atoms with Crippen LogP contribution in [0.15, 0.2) is 35.8 Å². The fourth-order valence-corrected chi connectivity index (χ4v) is 1.57. The molecule has 0 heterocycles. The standard InChI is InChI=1S/C16H20O2/c1-4-5-10-16(18-14(3)17)12-11-15-9-7-6-8-13(15)2/h6-9,11H,4-5,10H2,1-3H3. The number of rotatable bonds is 5. The van der Waals surface area contributed by atoms with E-state index in [4.69, 9.17) is 4.74 Å². The summed E-state index contributed by atoms with van der Waals surface area (Å²) in [6, 6.07) is 8.05. The Morgan fingerprint density at radius 1 is 1.39 bits per heavy atom. The van der Waals surface area contributed by atoms with Crippen molar-refractivity contribution in [1.29, 1.82) is 0 Å². The minimum absolute atomic E-state index is 0.285. The molecule has 0 saturated carbocycles. The largest absolute Gasteiger partial charge is 0.423 e. The highest BCUT2D eigenvalue weighted by molar-refractivity contribution is 5.67. The zero-order chi connectivity index (χ0) is 13.4. The highest BCUT2D eigenvalue weighted by Gasteiger charge is 2.00. The number of aryl methyl sites for hydroxylation is 1. The Morgan fingerprint density at radius 2 is 2.11 bits per heavy atom. The van der Waals surface area contributed by atoms with Crippen LogP contribution in [0.25, 0.3) is 6.08 Å². The summed E-state index contributed by atoms with van der Waals surface area (Å²) in [7, 11) is 0. The SMILES string of the molecule is CCCCC(=C=Cc1ccccc1C)OC(C)=O. The fourth-order valence-electron chi connectivity index (χ4n) is 1.57. The average molecular weight is 244 g/mol. The van der Waals surface area contributed by atoms with Gasteiger partial charge in [-0.25, -0.2) is 0 Å². The summed E-state index contributed by atoms with van der Waals surface area (Å²) in [5, 5.41) is 0. The van der Waals surface area contributed by atoms with Crippen LogP contribution in [0, 0.1) is 6.92 Å². The van der Waals surface area contributed by atoms with E-state index in [0.29, 0.717) is 5.76 Å². The van der Waals surface area contributed by atoms with E-state index in [9.17, 15) is 4.79 Å². The van der Waals surface area contributed by atoms with Gasteiger partial charge in [-0.05, 0) is 30.5 Å². The molecule has 1 aromatic rings. The van der Waals surface area contributed by atoms with Gasteiger partial charge in [0.15, 0.2) is 0 Å². The quantitative estimate of drug-likeness (QED) is 0.440. The van der Waals surface area contributed by atoms with Crippen LogP contribution in [0.3, 0.4) is 0 Å². The molecule has 0 N–H and O–H groups in total. The minimum atomic E-state index is -0.285. The lowest BCUT2D eigenvalue weighted by molar-refractivity contribution is -0.137. The van der Waals surface area contributed by atoms with Gasteiger partial charge in [-0.15, -0.1) is 0 Å². The van der Waals surface area contributed by atoms with Crippen molar-refractivity contribution in [2.24, 2.45) is 0 Å². The molecule has 0 aliphatic heterocycles. The highest BCUT2D eigenvalue weighted by atomic mass is 16.5. The van der Waals surface area contributed by atoms with E-state index in [0.717, 1.165) is 24.8 Å². The molecule has 0 aliphatic rings. The maximum absolute atomic E-state index is 11.0. The molecule has 0 radical (unpaired) electrons. The lowest BCUT2D eigenvalue weighted by Gasteiger charge is -2.03. The zero-order valence-corrected chi connectivity index (χ0v) is 11.3. The first-order chi connectivity index (χ1) is 8.63. The van der Waals surface area contributed by atoms with Crippen molar-refractivity contribution in [2.45, 2.75) is 40.0 Å². The summed E-state index contributed by atoms with van der Waals surface area (Å²) in [6.45, 7) is 5.57. The number of esters is 1. The van der Waals surface area contributed by atoms with Gasteiger partial charge in [-0.1, -0.05) is 43.3 Å². The number of carbonyl (C=O) groups excluding carboxylic acids is 1. The van der Waals surface area contributed by atoms with E-state index in [-0.39, 0.29) is 5.97 Å². The summed E-state index contributed by atoms with van der Waals surface area (Å²) < 4.78 is 5.15. The first-order valence-electron chi connectivity index (χ1n) is 6.33. The second-order valence-corrected chi connectivity index (χ2v) is 4.27. The first kappa shape index (κ1) is 14.3. The summed E-state index contributed by atoms with van der Waals surface area (Å²) in [6.07, 6.45) is 4.69. The summed E-state index contributed by atoms with van der Waals surface area (Å²) in [5.41, 5.74) is 5.37. The van der Waals surface area contributed by atoms with Crippen LogP contribution in [-0.4, -0.2) is 5.97 Å². The van der Waals surface area contributed by atoms with Gasteiger partial charge >= 0.3 is 5.97 Å². The second kappa shape index (κ2) is 7.52. The minimum Gasteiger partial charge on any atom is -0.423 e. The van der Waals surface area contributed by atoms with E-state index in [1.807, 2.05) is 37.3 Å². The Bertz CT molecular complexity index is 466. The Hall–Kier alpha value is -1.79. The maximum Gasteiger partial charge on any atom is 0.308 e. The van der Waals surface area contributed by atoms with Crippen LogP contribution in [0.2, 0.25) is 0 Å². The van der Waals surface area contributed by atoms with Crippen molar-refractivity contribution in [3.63, 3.8) is 0 Å². The molecule has 0 aromatic heterocycles. The van der Waals surface area contributed by atoms with Gasteiger partial charge in [0, 0.05) is 13.3 Å². The third kappa shape index (κ3) is 5.03. The number of carbonyl (C=O) groups is 1. The number of ether oxygens (including phenoxy) is 1. The van der Waals surface area contributed by atoms with Gasteiger partial charge in [0.2, 0.25) is 0 Å². The molecule has 0 fully saturated rings. The van der Waals surface area contributed by atoms with Crippen LogP contribution < -0.4 is 0 Å². The molecule has 18 heavy (non-hydrogen) atoms. The van der Waals surface area contributed by atoms with Gasteiger partial charge < -0.3 is 4.74 Å². The third-order valence-corrected chi connectivity index (χ3v) is 2.60. The fraction of sp³-hybridized carbons (Fsp3) is 0.375.